The molecule has 0 radical (unpaired) electrons. The van der Waals surface area contributed by atoms with Gasteiger partial charge in [0, 0.05) is 36.5 Å². The lowest BCUT2D eigenvalue weighted by Crippen LogP contribution is -2.41. The molecule has 1 heterocycles. The van der Waals surface area contributed by atoms with E-state index in [0.29, 0.717) is 18.7 Å². The zero-order valence-corrected chi connectivity index (χ0v) is 16.9. The number of hydrogen-bond acceptors (Lipinski definition) is 2. The van der Waals surface area contributed by atoms with E-state index in [0.717, 1.165) is 11.6 Å². The molecule has 0 aliphatic carbocycles. The highest BCUT2D eigenvalue weighted by Gasteiger charge is 2.36. The smallest absolute Gasteiger partial charge is 0.367 e. The van der Waals surface area contributed by atoms with Crippen molar-refractivity contribution in [3.05, 3.63) is 77.4 Å². The zero-order valence-electron chi connectivity index (χ0n) is 16.9. The average Bonchev–Trinajstić information content (AvgIpc) is 3.02. The van der Waals surface area contributed by atoms with Gasteiger partial charge in [0.1, 0.15) is 11.6 Å². The molecule has 1 amide bonds. The van der Waals surface area contributed by atoms with Crippen LogP contribution in [0.25, 0.3) is 5.70 Å². The molecule has 0 saturated carbocycles. The molecule has 166 valence electrons. The first kappa shape index (κ1) is 22.8. The number of hydrogen-bond donors (Lipinski definition) is 1. The maximum Gasteiger partial charge on any atom is 0.390 e. The molecule has 31 heavy (non-hydrogen) atoms. The number of alkyl halides is 3. The van der Waals surface area contributed by atoms with E-state index in [9.17, 15) is 26.7 Å². The summed E-state index contributed by atoms with van der Waals surface area (Å²) in [6.07, 6.45) is -3.28. The van der Waals surface area contributed by atoms with E-state index in [-0.39, 0.29) is 5.56 Å². The third-order valence-electron chi connectivity index (χ3n) is 5.31. The Bertz CT molecular complexity index is 922. The van der Waals surface area contributed by atoms with E-state index >= 15 is 0 Å². The maximum atomic E-state index is 13.8. The largest absolute Gasteiger partial charge is 0.390 e. The Kier molecular flexibility index (Phi) is 6.97. The third kappa shape index (κ3) is 6.06. The van der Waals surface area contributed by atoms with Crippen LogP contribution in [0.4, 0.5) is 22.0 Å². The van der Waals surface area contributed by atoms with E-state index in [1.807, 2.05) is 35.2 Å². The van der Waals surface area contributed by atoms with Gasteiger partial charge < -0.3 is 10.2 Å². The zero-order chi connectivity index (χ0) is 22.6. The summed E-state index contributed by atoms with van der Waals surface area (Å²) in [6, 6.07) is 12.3. The highest BCUT2D eigenvalue weighted by Crippen LogP contribution is 2.35. The molecule has 2 atom stereocenters. The molecule has 0 aromatic heterocycles. The van der Waals surface area contributed by atoms with Gasteiger partial charge in [-0.25, -0.2) is 8.78 Å². The molecular weight excluding hydrogens is 415 g/mol. The minimum atomic E-state index is -4.36. The van der Waals surface area contributed by atoms with Crippen molar-refractivity contribution in [1.29, 1.82) is 0 Å². The summed E-state index contributed by atoms with van der Waals surface area (Å²) in [5, 5.41) is 2.32. The van der Waals surface area contributed by atoms with Crippen LogP contribution < -0.4 is 5.32 Å². The summed E-state index contributed by atoms with van der Waals surface area (Å²) in [5.41, 5.74) is 1.82. The van der Waals surface area contributed by atoms with Crippen molar-refractivity contribution < 1.29 is 26.7 Å². The number of amides is 1. The van der Waals surface area contributed by atoms with Crippen molar-refractivity contribution in [3.63, 3.8) is 0 Å². The van der Waals surface area contributed by atoms with Crippen molar-refractivity contribution in [2.24, 2.45) is 5.92 Å². The lowest BCUT2D eigenvalue weighted by Gasteiger charge is -2.30. The lowest BCUT2D eigenvalue weighted by molar-refractivity contribution is -0.136. The fraction of sp³-hybridized carbons (Fsp3) is 0.348. The molecule has 0 fully saturated rings. The van der Waals surface area contributed by atoms with Gasteiger partial charge in [0.25, 0.3) is 0 Å². The number of rotatable bonds is 7. The number of carbonyl (C=O) groups is 1. The molecule has 1 N–H and O–H groups in total. The van der Waals surface area contributed by atoms with Gasteiger partial charge in [0.2, 0.25) is 5.91 Å². The van der Waals surface area contributed by atoms with Crippen LogP contribution in [-0.2, 0) is 11.2 Å². The van der Waals surface area contributed by atoms with Crippen molar-refractivity contribution in [2.75, 3.05) is 13.1 Å². The van der Waals surface area contributed by atoms with Crippen molar-refractivity contribution in [3.8, 4) is 0 Å². The van der Waals surface area contributed by atoms with Gasteiger partial charge in [-0.15, -0.1) is 0 Å². The first-order chi connectivity index (χ1) is 14.6. The Balaban J connectivity index is 1.82. The van der Waals surface area contributed by atoms with E-state index in [1.54, 1.807) is 13.0 Å². The molecule has 0 spiro atoms. The minimum absolute atomic E-state index is 0.281. The first-order valence-electron chi connectivity index (χ1n) is 9.97. The van der Waals surface area contributed by atoms with Crippen LogP contribution in [0.1, 0.15) is 24.5 Å². The quantitative estimate of drug-likeness (QED) is 0.622. The number of halogens is 5. The van der Waals surface area contributed by atoms with Gasteiger partial charge >= 0.3 is 6.18 Å². The Labute approximate surface area is 177 Å². The van der Waals surface area contributed by atoms with Crippen LogP contribution in [0.5, 0.6) is 0 Å². The van der Waals surface area contributed by atoms with Gasteiger partial charge in [0.15, 0.2) is 0 Å². The molecule has 2 aromatic rings. The van der Waals surface area contributed by atoms with Gasteiger partial charge in [-0.3, -0.25) is 4.79 Å². The molecule has 1 aliphatic rings. The minimum Gasteiger partial charge on any atom is -0.367 e. The fourth-order valence-electron chi connectivity index (χ4n) is 3.74. The number of benzene rings is 2. The molecule has 2 unspecified atom stereocenters. The average molecular weight is 438 g/mol. The van der Waals surface area contributed by atoms with Crippen molar-refractivity contribution in [1.82, 2.24) is 10.2 Å². The second kappa shape index (κ2) is 9.49. The summed E-state index contributed by atoms with van der Waals surface area (Å²) in [5.74, 6) is -2.78. The number of nitrogens with one attached hydrogen (secondary N) is 1. The fourth-order valence-corrected chi connectivity index (χ4v) is 3.74. The van der Waals surface area contributed by atoms with E-state index in [2.05, 4.69) is 5.32 Å². The SMILES string of the molecule is CC1C(C(=O)NCCC(F)(F)F)C=C(c2cc(F)cc(F)c2)N1CCc1ccccc1. The standard InChI is InChI=1S/C23H23F5N2O/c1-15-20(22(31)29-9-8-23(26,27)28)14-21(17-11-18(24)13-19(25)12-17)30(15)10-7-16-5-3-2-4-6-16/h2-6,11-15,20H,7-10H2,1H3,(H,29,31). The molecule has 8 heteroatoms. The predicted octanol–water partition coefficient (Wildman–Crippen LogP) is 4.94. The molecule has 1 aliphatic heterocycles. The van der Waals surface area contributed by atoms with E-state index in [1.165, 1.54) is 12.1 Å². The summed E-state index contributed by atoms with van der Waals surface area (Å²) in [4.78, 5) is 14.4. The molecule has 2 aromatic carbocycles. The van der Waals surface area contributed by atoms with Crippen molar-refractivity contribution >= 4 is 11.6 Å². The van der Waals surface area contributed by atoms with Crippen molar-refractivity contribution in [2.45, 2.75) is 32.0 Å². The van der Waals surface area contributed by atoms with Crippen LogP contribution in [-0.4, -0.2) is 36.1 Å². The van der Waals surface area contributed by atoms with Crippen LogP contribution in [0.15, 0.2) is 54.6 Å². The van der Waals surface area contributed by atoms with Crippen LogP contribution in [0.3, 0.4) is 0 Å². The van der Waals surface area contributed by atoms with E-state index in [4.69, 9.17) is 0 Å². The van der Waals surface area contributed by atoms with Crippen LogP contribution in [0.2, 0.25) is 0 Å². The van der Waals surface area contributed by atoms with Crippen LogP contribution in [0, 0.1) is 17.6 Å². The van der Waals surface area contributed by atoms with Gasteiger partial charge in [0.05, 0.1) is 12.3 Å². The Morgan fingerprint density at radius 2 is 1.71 bits per heavy atom. The predicted molar refractivity (Wildman–Crippen MR) is 108 cm³/mol. The topological polar surface area (TPSA) is 32.3 Å². The number of carbonyl (C=O) groups excluding carboxylic acids is 1. The number of nitrogens with zero attached hydrogens (tertiary/aromatic N) is 1. The summed E-state index contributed by atoms with van der Waals surface area (Å²) >= 11 is 0. The first-order valence-corrected chi connectivity index (χ1v) is 9.97. The molecular formula is C23H23F5N2O. The molecule has 0 saturated heterocycles. The lowest BCUT2D eigenvalue weighted by atomic mass is 10.0. The van der Waals surface area contributed by atoms with Gasteiger partial charge in [-0.1, -0.05) is 30.3 Å². The van der Waals surface area contributed by atoms with Gasteiger partial charge in [-0.05, 0) is 37.1 Å². The second-order valence-corrected chi connectivity index (χ2v) is 7.56. The monoisotopic (exact) mass is 438 g/mol. The highest BCUT2D eigenvalue weighted by molar-refractivity contribution is 5.85. The Morgan fingerprint density at radius 1 is 1.06 bits per heavy atom. The third-order valence-corrected chi connectivity index (χ3v) is 5.31. The van der Waals surface area contributed by atoms with Gasteiger partial charge in [-0.2, -0.15) is 13.2 Å². The summed E-state index contributed by atoms with van der Waals surface area (Å²) < 4.78 is 64.8. The summed E-state index contributed by atoms with van der Waals surface area (Å²) in [6.45, 7) is 1.73. The Morgan fingerprint density at radius 3 is 2.32 bits per heavy atom. The Hall–Kier alpha value is -2.90. The van der Waals surface area contributed by atoms with Crippen LogP contribution >= 0.6 is 0 Å². The second-order valence-electron chi connectivity index (χ2n) is 7.56. The highest BCUT2D eigenvalue weighted by atomic mass is 19.4. The normalized spacial score (nSPS) is 18.8. The molecule has 3 rings (SSSR count). The molecule has 3 nitrogen and oxygen atoms in total. The molecule has 0 bridgehead atoms. The summed E-state index contributed by atoms with van der Waals surface area (Å²) in [7, 11) is 0. The van der Waals surface area contributed by atoms with E-state index < -0.39 is 48.6 Å². The maximum absolute atomic E-state index is 13.8.